The summed E-state index contributed by atoms with van der Waals surface area (Å²) >= 11 is 1.61. The fourth-order valence-electron chi connectivity index (χ4n) is 2.94. The fourth-order valence-corrected chi connectivity index (χ4v) is 3.67. The Morgan fingerprint density at radius 3 is 2.95 bits per heavy atom. The van der Waals surface area contributed by atoms with Gasteiger partial charge in [-0.05, 0) is 19.9 Å². The lowest BCUT2D eigenvalue weighted by atomic mass is 9.77. The first-order valence-electron chi connectivity index (χ1n) is 7.24. The van der Waals surface area contributed by atoms with Crippen molar-refractivity contribution >= 4 is 16.9 Å². The molecule has 4 rings (SSSR count). The highest BCUT2D eigenvalue weighted by Gasteiger charge is 2.41. The van der Waals surface area contributed by atoms with Crippen LogP contribution in [0.1, 0.15) is 24.8 Å². The number of nitrogens with zero attached hydrogens (tertiary/aromatic N) is 4. The summed E-state index contributed by atoms with van der Waals surface area (Å²) in [7, 11) is 0. The molecule has 0 aromatic carbocycles. The molecule has 1 aliphatic carbocycles. The topological polar surface area (TPSA) is 78.3 Å². The molecular weight excluding hydrogens is 298 g/mol. The molecule has 0 spiro atoms. The minimum Gasteiger partial charge on any atom is -0.470 e. The highest BCUT2D eigenvalue weighted by molar-refractivity contribution is 7.15. The van der Waals surface area contributed by atoms with Crippen LogP contribution in [0.15, 0.2) is 24.7 Å². The largest absolute Gasteiger partial charge is 0.470 e. The van der Waals surface area contributed by atoms with E-state index in [1.807, 2.05) is 25.4 Å². The highest BCUT2D eigenvalue weighted by Crippen LogP contribution is 2.37. The molecule has 7 heteroatoms. The Morgan fingerprint density at radius 2 is 2.27 bits per heavy atom. The highest BCUT2D eigenvalue weighted by atomic mass is 32.1. The number of ether oxygens (including phenoxy) is 1. The van der Waals surface area contributed by atoms with Gasteiger partial charge in [-0.25, -0.2) is 14.5 Å². The predicted molar refractivity (Wildman–Crippen MR) is 85.1 cm³/mol. The van der Waals surface area contributed by atoms with Crippen molar-refractivity contribution in [1.29, 1.82) is 0 Å². The zero-order chi connectivity index (χ0) is 15.3. The molecule has 0 unspecified atom stereocenters. The molecule has 3 aromatic rings. The summed E-state index contributed by atoms with van der Waals surface area (Å²) in [5.41, 5.74) is 7.35. The van der Waals surface area contributed by atoms with Crippen molar-refractivity contribution in [2.24, 2.45) is 5.73 Å². The number of fused-ring (bicyclic) bond motifs is 1. The molecule has 0 amide bonds. The third-order valence-electron chi connectivity index (χ3n) is 3.96. The first-order valence-corrected chi connectivity index (χ1v) is 8.06. The molecule has 0 atom stereocenters. The van der Waals surface area contributed by atoms with E-state index < -0.39 is 0 Å². The molecule has 6 nitrogen and oxygen atoms in total. The van der Waals surface area contributed by atoms with E-state index in [9.17, 15) is 0 Å². The number of hydrogen-bond donors (Lipinski definition) is 1. The van der Waals surface area contributed by atoms with Gasteiger partial charge in [0.2, 0.25) is 5.88 Å². The van der Waals surface area contributed by atoms with Gasteiger partial charge in [-0.2, -0.15) is 5.10 Å². The number of rotatable bonds is 3. The molecule has 0 radical (unpaired) electrons. The number of thiazole rings is 1. The first kappa shape index (κ1) is 13.7. The van der Waals surface area contributed by atoms with Crippen molar-refractivity contribution < 1.29 is 4.74 Å². The second-order valence-electron chi connectivity index (χ2n) is 6.06. The van der Waals surface area contributed by atoms with Crippen LogP contribution < -0.4 is 10.5 Å². The van der Waals surface area contributed by atoms with Crippen LogP contribution in [-0.4, -0.2) is 31.2 Å². The number of nitrogens with two attached hydrogens (primary N) is 1. The number of aromatic nitrogens is 4. The third-order valence-corrected chi connectivity index (χ3v) is 4.90. The second-order valence-corrected chi connectivity index (χ2v) is 7.29. The molecule has 114 valence electrons. The zero-order valence-electron chi connectivity index (χ0n) is 12.5. The van der Waals surface area contributed by atoms with Crippen LogP contribution in [0, 0.1) is 6.92 Å². The maximum Gasteiger partial charge on any atom is 0.241 e. The summed E-state index contributed by atoms with van der Waals surface area (Å²) in [6.45, 7) is 4.06. The van der Waals surface area contributed by atoms with Crippen molar-refractivity contribution in [2.45, 2.75) is 38.3 Å². The Kier molecular flexibility index (Phi) is 2.95. The summed E-state index contributed by atoms with van der Waals surface area (Å²) in [5.74, 6) is 0.607. The predicted octanol–water partition coefficient (Wildman–Crippen LogP) is 2.42. The average molecular weight is 315 g/mol. The van der Waals surface area contributed by atoms with E-state index in [0.29, 0.717) is 5.88 Å². The van der Waals surface area contributed by atoms with Gasteiger partial charge in [0.25, 0.3) is 0 Å². The smallest absolute Gasteiger partial charge is 0.241 e. The first-order chi connectivity index (χ1) is 10.5. The van der Waals surface area contributed by atoms with E-state index in [2.05, 4.69) is 17.0 Å². The molecule has 22 heavy (non-hydrogen) atoms. The molecular formula is C15H17N5OS. The third kappa shape index (κ3) is 2.26. The van der Waals surface area contributed by atoms with Gasteiger partial charge < -0.3 is 10.5 Å². The monoisotopic (exact) mass is 315 g/mol. The molecule has 2 N–H and O–H groups in total. The molecule has 1 aliphatic rings. The van der Waals surface area contributed by atoms with Gasteiger partial charge in [-0.3, -0.25) is 0 Å². The standard InChI is InChI=1S/C15H17N5OS/c1-9-17-7-13(22-9)11-8-20-12(3-4-18-20)14(19-11)21-15(2)5-10(16)6-15/h3-4,7-8,10H,5-6,16H2,1-2H3. The van der Waals surface area contributed by atoms with Crippen LogP contribution in [0.4, 0.5) is 0 Å². The molecule has 1 saturated carbocycles. The number of aryl methyl sites for hydroxylation is 1. The lowest BCUT2D eigenvalue weighted by molar-refractivity contribution is -0.00637. The van der Waals surface area contributed by atoms with E-state index in [1.165, 1.54) is 0 Å². The van der Waals surface area contributed by atoms with Crippen molar-refractivity contribution in [3.05, 3.63) is 29.7 Å². The Hall–Kier alpha value is -1.99. The maximum atomic E-state index is 6.18. The molecule has 0 saturated heterocycles. The molecule has 3 aromatic heterocycles. The fraction of sp³-hybridized carbons (Fsp3) is 0.400. The lowest BCUT2D eigenvalue weighted by Gasteiger charge is -2.42. The lowest BCUT2D eigenvalue weighted by Crippen LogP contribution is -2.53. The van der Waals surface area contributed by atoms with Gasteiger partial charge in [-0.1, -0.05) is 0 Å². The SMILES string of the molecule is Cc1ncc(-c2cn3nccc3c(OC3(C)CC(N)C3)n2)s1. The van der Waals surface area contributed by atoms with Gasteiger partial charge >= 0.3 is 0 Å². The Labute approximate surface area is 132 Å². The van der Waals surface area contributed by atoms with Crippen LogP contribution in [-0.2, 0) is 0 Å². The molecule has 3 heterocycles. The van der Waals surface area contributed by atoms with Crippen LogP contribution >= 0.6 is 11.3 Å². The Morgan fingerprint density at radius 1 is 1.45 bits per heavy atom. The van der Waals surface area contributed by atoms with Crippen molar-refractivity contribution in [1.82, 2.24) is 19.6 Å². The minimum atomic E-state index is -0.237. The molecule has 0 aliphatic heterocycles. The molecule has 0 bridgehead atoms. The minimum absolute atomic E-state index is 0.221. The van der Waals surface area contributed by atoms with Gasteiger partial charge in [0.15, 0.2) is 0 Å². The van der Waals surface area contributed by atoms with Gasteiger partial charge in [0, 0.05) is 25.1 Å². The van der Waals surface area contributed by atoms with E-state index in [-0.39, 0.29) is 11.6 Å². The average Bonchev–Trinajstić information content (AvgIpc) is 3.05. The Bertz CT molecular complexity index is 833. The summed E-state index contributed by atoms with van der Waals surface area (Å²) in [6, 6.07) is 2.13. The zero-order valence-corrected chi connectivity index (χ0v) is 13.3. The van der Waals surface area contributed by atoms with Gasteiger partial charge in [0.1, 0.15) is 16.8 Å². The van der Waals surface area contributed by atoms with E-state index in [1.54, 1.807) is 22.0 Å². The van der Waals surface area contributed by atoms with Gasteiger partial charge in [-0.15, -0.1) is 11.3 Å². The van der Waals surface area contributed by atoms with Gasteiger partial charge in [0.05, 0.1) is 22.3 Å². The van der Waals surface area contributed by atoms with E-state index in [0.717, 1.165) is 33.9 Å². The van der Waals surface area contributed by atoms with E-state index >= 15 is 0 Å². The van der Waals surface area contributed by atoms with Crippen LogP contribution in [0.3, 0.4) is 0 Å². The van der Waals surface area contributed by atoms with Crippen LogP contribution in [0.2, 0.25) is 0 Å². The number of hydrogen-bond acceptors (Lipinski definition) is 6. The second kappa shape index (κ2) is 4.76. The summed E-state index contributed by atoms with van der Waals surface area (Å²) in [4.78, 5) is 10.00. The van der Waals surface area contributed by atoms with Crippen LogP contribution in [0.5, 0.6) is 5.88 Å². The maximum absolute atomic E-state index is 6.18. The van der Waals surface area contributed by atoms with Crippen molar-refractivity contribution in [3.8, 4) is 16.5 Å². The quantitative estimate of drug-likeness (QED) is 0.803. The van der Waals surface area contributed by atoms with Crippen LogP contribution in [0.25, 0.3) is 16.1 Å². The normalized spacial score (nSPS) is 24.4. The summed E-state index contributed by atoms with van der Waals surface area (Å²) in [5, 5.41) is 5.33. The summed E-state index contributed by atoms with van der Waals surface area (Å²) < 4.78 is 7.98. The van der Waals surface area contributed by atoms with Crippen molar-refractivity contribution in [3.63, 3.8) is 0 Å². The molecule has 1 fully saturated rings. The van der Waals surface area contributed by atoms with Crippen molar-refractivity contribution in [2.75, 3.05) is 0 Å². The summed E-state index contributed by atoms with van der Waals surface area (Å²) in [6.07, 6.45) is 7.19. The van der Waals surface area contributed by atoms with E-state index in [4.69, 9.17) is 15.5 Å². The Balaban J connectivity index is 1.77.